The lowest BCUT2D eigenvalue weighted by Crippen LogP contribution is -2.34. The van der Waals surface area contributed by atoms with Gasteiger partial charge in [-0.25, -0.2) is 4.98 Å². The summed E-state index contributed by atoms with van der Waals surface area (Å²) in [5, 5.41) is 1.76. The molecule has 1 aliphatic heterocycles. The molecule has 5 rings (SSSR count). The topological polar surface area (TPSA) is 61.2 Å². The van der Waals surface area contributed by atoms with Gasteiger partial charge in [0.2, 0.25) is 0 Å². The van der Waals surface area contributed by atoms with Gasteiger partial charge < -0.3 is 4.74 Å². The highest BCUT2D eigenvalue weighted by Crippen LogP contribution is 2.39. The molecule has 1 aliphatic rings. The van der Waals surface area contributed by atoms with E-state index < -0.39 is 0 Å². The Morgan fingerprint density at radius 2 is 1.91 bits per heavy atom. The van der Waals surface area contributed by atoms with E-state index in [2.05, 4.69) is 13.8 Å². The number of fused-ring (bicyclic) bond motifs is 3. The molecule has 0 saturated carbocycles. The van der Waals surface area contributed by atoms with Crippen molar-refractivity contribution in [1.82, 2.24) is 9.55 Å². The van der Waals surface area contributed by atoms with Gasteiger partial charge >= 0.3 is 0 Å². The van der Waals surface area contributed by atoms with Gasteiger partial charge in [0.05, 0.1) is 29.0 Å². The molecule has 5 nitrogen and oxygen atoms in total. The number of benzene rings is 2. The molecule has 180 valence electrons. The summed E-state index contributed by atoms with van der Waals surface area (Å²) in [6, 6.07) is 14.6. The number of carbonyl (C=O) groups excluding carboxylic acids is 1. The maximum atomic E-state index is 14.0. The van der Waals surface area contributed by atoms with Gasteiger partial charge in [-0.15, -0.1) is 11.3 Å². The number of ketones is 1. The van der Waals surface area contributed by atoms with Crippen LogP contribution in [-0.2, 0) is 17.8 Å². The van der Waals surface area contributed by atoms with Crippen LogP contribution in [0.5, 0.6) is 0 Å². The molecule has 0 radical (unpaired) electrons. The first-order valence-corrected chi connectivity index (χ1v) is 13.7. The van der Waals surface area contributed by atoms with Crippen LogP contribution < -0.4 is 5.56 Å². The van der Waals surface area contributed by atoms with Crippen molar-refractivity contribution in [3.05, 3.63) is 85.5 Å². The van der Waals surface area contributed by atoms with Gasteiger partial charge in [0, 0.05) is 21.9 Å². The minimum absolute atomic E-state index is 0.0472. The molecular formula is C27H25ClN2O3S2. The lowest BCUT2D eigenvalue weighted by molar-refractivity contribution is -0.0543. The Kier molecular flexibility index (Phi) is 6.61. The highest BCUT2D eigenvalue weighted by atomic mass is 35.5. The monoisotopic (exact) mass is 524 g/mol. The van der Waals surface area contributed by atoms with Crippen LogP contribution in [0.3, 0.4) is 0 Å². The Labute approximate surface area is 217 Å². The second-order valence-corrected chi connectivity index (χ2v) is 11.5. The van der Waals surface area contributed by atoms with E-state index in [1.807, 2.05) is 31.2 Å². The molecule has 0 N–H and O–H groups in total. The Morgan fingerprint density at radius 3 is 2.60 bits per heavy atom. The summed E-state index contributed by atoms with van der Waals surface area (Å²) >= 11 is 8.75. The standard InChI is InChI=1S/C27H25ClN2O3S2/c1-4-27(3)13-20-22(14-33-27)35-24-23(20)25(32)30(19-11-5-16(2)6-12-19)26(29-24)34-15-21(31)17-7-9-18(28)10-8-17/h5-12H,4,13-15H2,1-3H3. The minimum Gasteiger partial charge on any atom is -0.369 e. The lowest BCUT2D eigenvalue weighted by Gasteiger charge is -2.32. The Balaban J connectivity index is 1.60. The number of nitrogens with zero attached hydrogens (tertiary/aromatic N) is 2. The van der Waals surface area contributed by atoms with Crippen LogP contribution in [0.15, 0.2) is 58.5 Å². The van der Waals surface area contributed by atoms with Crippen molar-refractivity contribution in [1.29, 1.82) is 0 Å². The van der Waals surface area contributed by atoms with Crippen molar-refractivity contribution in [2.45, 2.75) is 51.0 Å². The first-order valence-electron chi connectivity index (χ1n) is 11.5. The van der Waals surface area contributed by atoms with Crippen LogP contribution in [0.25, 0.3) is 15.9 Å². The van der Waals surface area contributed by atoms with Gasteiger partial charge in [0.1, 0.15) is 4.83 Å². The highest BCUT2D eigenvalue weighted by Gasteiger charge is 2.33. The van der Waals surface area contributed by atoms with Crippen molar-refractivity contribution in [3.63, 3.8) is 0 Å². The number of ether oxygens (including phenoxy) is 1. The molecule has 3 heterocycles. The summed E-state index contributed by atoms with van der Waals surface area (Å²) in [5.74, 6) is 0.113. The second-order valence-electron chi connectivity index (χ2n) is 9.04. The third-order valence-corrected chi connectivity index (χ3v) is 8.81. The van der Waals surface area contributed by atoms with Gasteiger partial charge in [0.25, 0.3) is 5.56 Å². The highest BCUT2D eigenvalue weighted by molar-refractivity contribution is 7.99. The molecule has 2 aromatic carbocycles. The number of rotatable bonds is 6. The van der Waals surface area contributed by atoms with E-state index >= 15 is 0 Å². The van der Waals surface area contributed by atoms with Gasteiger partial charge in [-0.2, -0.15) is 0 Å². The molecule has 35 heavy (non-hydrogen) atoms. The largest absolute Gasteiger partial charge is 0.369 e. The lowest BCUT2D eigenvalue weighted by atomic mass is 9.90. The summed E-state index contributed by atoms with van der Waals surface area (Å²) < 4.78 is 7.77. The van der Waals surface area contributed by atoms with Crippen LogP contribution >= 0.6 is 34.7 Å². The van der Waals surface area contributed by atoms with Crippen molar-refractivity contribution >= 4 is 50.7 Å². The predicted molar refractivity (Wildman–Crippen MR) is 144 cm³/mol. The number of aryl methyl sites for hydroxylation is 1. The van der Waals surface area contributed by atoms with E-state index in [1.54, 1.807) is 28.8 Å². The summed E-state index contributed by atoms with van der Waals surface area (Å²) in [4.78, 5) is 33.5. The zero-order valence-electron chi connectivity index (χ0n) is 19.8. The van der Waals surface area contributed by atoms with E-state index in [1.165, 1.54) is 23.1 Å². The van der Waals surface area contributed by atoms with Gasteiger partial charge in [-0.05, 0) is 62.2 Å². The fraction of sp³-hybridized carbons (Fsp3) is 0.296. The number of carbonyl (C=O) groups is 1. The van der Waals surface area contributed by atoms with Crippen LogP contribution in [0.2, 0.25) is 5.02 Å². The van der Waals surface area contributed by atoms with E-state index in [-0.39, 0.29) is 22.7 Å². The average molecular weight is 525 g/mol. The van der Waals surface area contributed by atoms with Crippen LogP contribution in [0.4, 0.5) is 0 Å². The Hall–Kier alpha value is -2.45. The fourth-order valence-corrected chi connectivity index (χ4v) is 6.37. The van der Waals surface area contributed by atoms with E-state index in [4.69, 9.17) is 21.3 Å². The Bertz CT molecular complexity index is 1480. The maximum Gasteiger partial charge on any atom is 0.267 e. The summed E-state index contributed by atoms with van der Waals surface area (Å²) in [5.41, 5.74) is 3.08. The zero-order chi connectivity index (χ0) is 24.7. The normalized spacial score (nSPS) is 17.5. The molecule has 0 amide bonds. The number of halogens is 1. The van der Waals surface area contributed by atoms with Crippen molar-refractivity contribution in [2.75, 3.05) is 5.75 Å². The van der Waals surface area contributed by atoms with Crippen LogP contribution in [-0.4, -0.2) is 26.7 Å². The maximum absolute atomic E-state index is 14.0. The van der Waals surface area contributed by atoms with Crippen molar-refractivity contribution in [2.24, 2.45) is 0 Å². The predicted octanol–water partition coefficient (Wildman–Crippen LogP) is 6.63. The fourth-order valence-electron chi connectivity index (χ4n) is 4.20. The molecular weight excluding hydrogens is 500 g/mol. The Morgan fingerprint density at radius 1 is 1.20 bits per heavy atom. The van der Waals surface area contributed by atoms with Crippen molar-refractivity contribution < 1.29 is 9.53 Å². The third-order valence-electron chi connectivity index (χ3n) is 6.52. The number of thiophene rings is 1. The first kappa shape index (κ1) is 24.3. The van der Waals surface area contributed by atoms with Crippen LogP contribution in [0, 0.1) is 6.92 Å². The first-order chi connectivity index (χ1) is 16.8. The molecule has 8 heteroatoms. The molecule has 1 atom stereocenters. The molecule has 4 aromatic rings. The van der Waals surface area contributed by atoms with Gasteiger partial charge in [-0.1, -0.05) is 48.0 Å². The smallest absolute Gasteiger partial charge is 0.267 e. The minimum atomic E-state index is -0.291. The van der Waals surface area contributed by atoms with Crippen LogP contribution in [0.1, 0.15) is 46.6 Å². The number of thioether (sulfide) groups is 1. The SMILES string of the molecule is CCC1(C)Cc2c(sc3nc(SCC(=O)c4ccc(Cl)cc4)n(-c4ccc(C)cc4)c(=O)c23)CO1. The van der Waals surface area contributed by atoms with E-state index in [0.29, 0.717) is 39.0 Å². The number of Topliss-reactive ketones (excluding diaryl/α,β-unsaturated/α-hetero) is 1. The summed E-state index contributed by atoms with van der Waals surface area (Å²) in [7, 11) is 0. The molecule has 0 spiro atoms. The zero-order valence-corrected chi connectivity index (χ0v) is 22.1. The van der Waals surface area contributed by atoms with E-state index in [0.717, 1.165) is 28.1 Å². The molecule has 0 saturated heterocycles. The number of hydrogen-bond donors (Lipinski definition) is 0. The average Bonchev–Trinajstić information content (AvgIpc) is 3.21. The van der Waals surface area contributed by atoms with E-state index in [9.17, 15) is 9.59 Å². The molecule has 0 fully saturated rings. The second kappa shape index (κ2) is 9.54. The van der Waals surface area contributed by atoms with Gasteiger partial charge in [-0.3, -0.25) is 14.2 Å². The van der Waals surface area contributed by atoms with Gasteiger partial charge in [0.15, 0.2) is 10.9 Å². The molecule has 0 bridgehead atoms. The quantitative estimate of drug-likeness (QED) is 0.161. The summed E-state index contributed by atoms with van der Waals surface area (Å²) in [6.45, 7) is 6.70. The molecule has 2 aromatic heterocycles. The molecule has 1 unspecified atom stereocenters. The number of aromatic nitrogens is 2. The number of hydrogen-bond acceptors (Lipinski definition) is 6. The third kappa shape index (κ3) is 4.70. The van der Waals surface area contributed by atoms with Crippen molar-refractivity contribution in [3.8, 4) is 5.69 Å². The summed E-state index contributed by atoms with van der Waals surface area (Å²) in [6.07, 6.45) is 1.55. The molecule has 0 aliphatic carbocycles.